The van der Waals surface area contributed by atoms with Crippen molar-refractivity contribution in [3.8, 4) is 11.4 Å². The molecule has 116 valence electrons. The van der Waals surface area contributed by atoms with Crippen LogP contribution in [0.4, 0.5) is 0 Å². The average Bonchev–Trinajstić information content (AvgIpc) is 3.10. The van der Waals surface area contributed by atoms with Crippen LogP contribution in [0, 0.1) is 5.92 Å². The van der Waals surface area contributed by atoms with Crippen molar-refractivity contribution in [2.45, 2.75) is 19.3 Å². The molecule has 2 heterocycles. The van der Waals surface area contributed by atoms with Gasteiger partial charge in [0.2, 0.25) is 12.2 Å². The molecule has 0 aliphatic carbocycles. The second-order valence-corrected chi connectivity index (χ2v) is 5.59. The molecule has 2 aromatic rings. The maximum absolute atomic E-state index is 12.1. The topological polar surface area (TPSA) is 80.0 Å². The summed E-state index contributed by atoms with van der Waals surface area (Å²) in [6.07, 6.45) is 4.80. The zero-order valence-corrected chi connectivity index (χ0v) is 12.4. The third-order valence-corrected chi connectivity index (χ3v) is 4.00. The SMILES string of the molecule is O=C(NCCC1CCCNC1)c1ccc(-c2ncon2)cc1. The number of carbonyl (C=O) groups excluding carboxylic acids is 1. The summed E-state index contributed by atoms with van der Waals surface area (Å²) in [5, 5.41) is 10.1. The molecule has 0 saturated carbocycles. The zero-order chi connectivity index (χ0) is 15.2. The Hall–Kier alpha value is -2.21. The molecule has 0 bridgehead atoms. The molecule has 22 heavy (non-hydrogen) atoms. The molecule has 1 atom stereocenters. The van der Waals surface area contributed by atoms with Crippen LogP contribution in [0.1, 0.15) is 29.6 Å². The van der Waals surface area contributed by atoms with Crippen LogP contribution in [0.25, 0.3) is 11.4 Å². The largest absolute Gasteiger partial charge is 0.352 e. The van der Waals surface area contributed by atoms with Crippen molar-refractivity contribution in [2.75, 3.05) is 19.6 Å². The number of hydrogen-bond acceptors (Lipinski definition) is 5. The number of hydrogen-bond donors (Lipinski definition) is 2. The minimum Gasteiger partial charge on any atom is -0.352 e. The van der Waals surface area contributed by atoms with Crippen molar-refractivity contribution in [1.29, 1.82) is 0 Å². The van der Waals surface area contributed by atoms with Crippen molar-refractivity contribution < 1.29 is 9.32 Å². The van der Waals surface area contributed by atoms with E-state index in [0.29, 0.717) is 17.3 Å². The van der Waals surface area contributed by atoms with Gasteiger partial charge >= 0.3 is 0 Å². The first-order chi connectivity index (χ1) is 10.8. The molecule has 1 aromatic carbocycles. The zero-order valence-electron chi connectivity index (χ0n) is 12.4. The van der Waals surface area contributed by atoms with Crippen molar-refractivity contribution in [3.05, 3.63) is 36.2 Å². The second-order valence-electron chi connectivity index (χ2n) is 5.59. The monoisotopic (exact) mass is 300 g/mol. The number of benzene rings is 1. The van der Waals surface area contributed by atoms with E-state index in [1.807, 2.05) is 12.1 Å². The normalized spacial score (nSPS) is 18.1. The molecule has 2 N–H and O–H groups in total. The highest BCUT2D eigenvalue weighted by Gasteiger charge is 2.13. The predicted octanol–water partition coefficient (Wildman–Crippen LogP) is 1.86. The molecule has 0 radical (unpaired) electrons. The number of amides is 1. The van der Waals surface area contributed by atoms with Gasteiger partial charge in [-0.15, -0.1) is 0 Å². The van der Waals surface area contributed by atoms with E-state index in [1.165, 1.54) is 19.2 Å². The van der Waals surface area contributed by atoms with E-state index in [2.05, 4.69) is 20.8 Å². The number of rotatable bonds is 5. The smallest absolute Gasteiger partial charge is 0.251 e. The number of nitrogens with one attached hydrogen (secondary N) is 2. The predicted molar refractivity (Wildman–Crippen MR) is 82.3 cm³/mol. The molecule has 1 aliphatic heterocycles. The van der Waals surface area contributed by atoms with E-state index in [1.54, 1.807) is 12.1 Å². The third kappa shape index (κ3) is 3.71. The molecule has 3 rings (SSSR count). The Balaban J connectivity index is 1.49. The lowest BCUT2D eigenvalue weighted by Crippen LogP contribution is -2.33. The van der Waals surface area contributed by atoms with Gasteiger partial charge in [0.1, 0.15) is 0 Å². The van der Waals surface area contributed by atoms with Gasteiger partial charge in [-0.05, 0) is 50.4 Å². The molecule has 6 heteroatoms. The van der Waals surface area contributed by atoms with E-state index in [-0.39, 0.29) is 5.91 Å². The van der Waals surface area contributed by atoms with Crippen LogP contribution >= 0.6 is 0 Å². The highest BCUT2D eigenvalue weighted by molar-refractivity contribution is 5.94. The Labute approximate surface area is 129 Å². The van der Waals surface area contributed by atoms with Gasteiger partial charge in [-0.25, -0.2) is 0 Å². The molecule has 1 aromatic heterocycles. The number of piperidine rings is 1. The summed E-state index contributed by atoms with van der Waals surface area (Å²) < 4.78 is 4.71. The van der Waals surface area contributed by atoms with Crippen LogP contribution in [0.2, 0.25) is 0 Å². The van der Waals surface area contributed by atoms with Crippen molar-refractivity contribution in [1.82, 2.24) is 20.8 Å². The quantitative estimate of drug-likeness (QED) is 0.881. The lowest BCUT2D eigenvalue weighted by Gasteiger charge is -2.22. The Morgan fingerprint density at radius 2 is 2.23 bits per heavy atom. The summed E-state index contributed by atoms with van der Waals surface area (Å²) in [7, 11) is 0. The van der Waals surface area contributed by atoms with Gasteiger partial charge in [0.15, 0.2) is 0 Å². The molecule has 6 nitrogen and oxygen atoms in total. The Kier molecular flexibility index (Phi) is 4.80. The summed E-state index contributed by atoms with van der Waals surface area (Å²) in [6.45, 7) is 2.91. The molecule has 1 fully saturated rings. The molecule has 0 spiro atoms. The van der Waals surface area contributed by atoms with E-state index in [4.69, 9.17) is 4.52 Å². The summed E-state index contributed by atoms with van der Waals surface area (Å²) >= 11 is 0. The maximum atomic E-state index is 12.1. The van der Waals surface area contributed by atoms with Gasteiger partial charge in [0.25, 0.3) is 5.91 Å². The van der Waals surface area contributed by atoms with Crippen LogP contribution < -0.4 is 10.6 Å². The molecule has 1 aliphatic rings. The summed E-state index contributed by atoms with van der Waals surface area (Å²) in [5.41, 5.74) is 1.48. The average molecular weight is 300 g/mol. The van der Waals surface area contributed by atoms with Gasteiger partial charge in [0, 0.05) is 17.7 Å². The van der Waals surface area contributed by atoms with Crippen molar-refractivity contribution in [2.24, 2.45) is 5.92 Å². The van der Waals surface area contributed by atoms with Gasteiger partial charge in [-0.2, -0.15) is 4.98 Å². The van der Waals surface area contributed by atoms with Crippen LogP contribution in [-0.4, -0.2) is 35.7 Å². The van der Waals surface area contributed by atoms with Crippen LogP contribution in [0.15, 0.2) is 35.2 Å². The minimum absolute atomic E-state index is 0.0385. The Bertz CT molecular complexity index is 589. The third-order valence-electron chi connectivity index (χ3n) is 4.00. The highest BCUT2D eigenvalue weighted by Crippen LogP contribution is 2.15. The standard InChI is InChI=1S/C16H20N4O2/c21-16(18-9-7-12-2-1-8-17-10-12)14-5-3-13(4-6-14)15-19-11-22-20-15/h3-6,11-12,17H,1-2,7-10H2,(H,18,21). The Morgan fingerprint density at radius 1 is 1.36 bits per heavy atom. The first-order valence-electron chi connectivity index (χ1n) is 7.68. The first-order valence-corrected chi connectivity index (χ1v) is 7.68. The van der Waals surface area contributed by atoms with Crippen molar-refractivity contribution >= 4 is 5.91 Å². The van der Waals surface area contributed by atoms with Crippen LogP contribution in [-0.2, 0) is 0 Å². The van der Waals surface area contributed by atoms with Gasteiger partial charge in [-0.3, -0.25) is 4.79 Å². The lowest BCUT2D eigenvalue weighted by molar-refractivity contribution is 0.0950. The summed E-state index contributed by atoms with van der Waals surface area (Å²) in [4.78, 5) is 16.1. The van der Waals surface area contributed by atoms with Gasteiger partial charge in [0.05, 0.1) is 0 Å². The fourth-order valence-corrected chi connectivity index (χ4v) is 2.73. The Morgan fingerprint density at radius 3 is 2.91 bits per heavy atom. The summed E-state index contributed by atoms with van der Waals surface area (Å²) in [5.74, 6) is 1.16. The van der Waals surface area contributed by atoms with E-state index in [0.717, 1.165) is 31.6 Å². The van der Waals surface area contributed by atoms with E-state index in [9.17, 15) is 4.79 Å². The lowest BCUT2D eigenvalue weighted by atomic mass is 9.96. The molecule has 1 amide bonds. The van der Waals surface area contributed by atoms with Crippen molar-refractivity contribution in [3.63, 3.8) is 0 Å². The van der Waals surface area contributed by atoms with Gasteiger partial charge < -0.3 is 15.2 Å². The highest BCUT2D eigenvalue weighted by atomic mass is 16.5. The fourth-order valence-electron chi connectivity index (χ4n) is 2.73. The number of nitrogens with zero attached hydrogens (tertiary/aromatic N) is 2. The first kappa shape index (κ1) is 14.7. The molecular formula is C16H20N4O2. The molecular weight excluding hydrogens is 280 g/mol. The summed E-state index contributed by atoms with van der Waals surface area (Å²) in [6, 6.07) is 7.21. The second kappa shape index (κ2) is 7.17. The molecule has 1 saturated heterocycles. The minimum atomic E-state index is -0.0385. The number of carbonyl (C=O) groups is 1. The van der Waals surface area contributed by atoms with Gasteiger partial charge in [-0.1, -0.05) is 17.3 Å². The fraction of sp³-hybridized carbons (Fsp3) is 0.438. The van der Waals surface area contributed by atoms with Crippen LogP contribution in [0.5, 0.6) is 0 Å². The molecule has 1 unspecified atom stereocenters. The van der Waals surface area contributed by atoms with E-state index >= 15 is 0 Å². The number of aromatic nitrogens is 2. The maximum Gasteiger partial charge on any atom is 0.251 e. The van der Waals surface area contributed by atoms with Crippen LogP contribution in [0.3, 0.4) is 0 Å². The van der Waals surface area contributed by atoms with E-state index < -0.39 is 0 Å².